The summed E-state index contributed by atoms with van der Waals surface area (Å²) in [5.74, 6) is -0.423. The van der Waals surface area contributed by atoms with E-state index in [1.54, 1.807) is 29.4 Å². The van der Waals surface area contributed by atoms with Gasteiger partial charge >= 0.3 is 11.7 Å². The van der Waals surface area contributed by atoms with Crippen molar-refractivity contribution >= 4 is 38.7 Å². The van der Waals surface area contributed by atoms with E-state index in [4.69, 9.17) is 4.74 Å². The van der Waals surface area contributed by atoms with Gasteiger partial charge in [0.2, 0.25) is 0 Å². The van der Waals surface area contributed by atoms with Gasteiger partial charge in [-0.05, 0) is 19.4 Å². The Bertz CT molecular complexity index is 1330. The average Bonchev–Trinajstić information content (AvgIpc) is 3.35. The number of aromatic nitrogens is 6. The second kappa shape index (κ2) is 6.99. The number of ether oxygens (including phenoxy) is 1. The van der Waals surface area contributed by atoms with Crippen LogP contribution in [0.1, 0.15) is 21.8 Å². The molecule has 0 atom stereocenters. The van der Waals surface area contributed by atoms with Crippen molar-refractivity contribution in [3.63, 3.8) is 0 Å². The van der Waals surface area contributed by atoms with Gasteiger partial charge in [-0.1, -0.05) is 0 Å². The normalized spacial score (nSPS) is 11.6. The predicted molar refractivity (Wildman–Crippen MR) is 108 cm³/mol. The fourth-order valence-corrected chi connectivity index (χ4v) is 4.37. The predicted octanol–water partition coefficient (Wildman–Crippen LogP) is 0.937. The first-order valence-corrected chi connectivity index (χ1v) is 9.82. The minimum Gasteiger partial charge on any atom is -0.461 e. The first-order valence-electron chi connectivity index (χ1n) is 9.00. The lowest BCUT2D eigenvalue weighted by molar-refractivity contribution is 0.0501. The number of hydrogen-bond acceptors (Lipinski definition) is 7. The molecule has 29 heavy (non-hydrogen) atoms. The Labute approximate surface area is 168 Å². The van der Waals surface area contributed by atoms with E-state index < -0.39 is 17.2 Å². The number of carbonyl (C=O) groups is 1. The second-order valence-electron chi connectivity index (χ2n) is 6.85. The maximum absolute atomic E-state index is 12.6. The molecule has 4 aromatic rings. The lowest BCUT2D eigenvalue weighted by atomic mass is 10.3. The highest BCUT2D eigenvalue weighted by Crippen LogP contribution is 2.28. The monoisotopic (exact) mass is 416 g/mol. The van der Waals surface area contributed by atoms with Crippen LogP contribution in [0.4, 0.5) is 0 Å². The molecule has 0 aliphatic heterocycles. The molecule has 0 N–H and O–H groups in total. The molecular formula is C18H20N6O4S. The third-order valence-electron chi connectivity index (χ3n) is 4.86. The van der Waals surface area contributed by atoms with Gasteiger partial charge in [-0.3, -0.25) is 18.6 Å². The smallest absolute Gasteiger partial charge is 0.348 e. The molecule has 4 aromatic heterocycles. The van der Waals surface area contributed by atoms with Crippen molar-refractivity contribution in [2.45, 2.75) is 19.9 Å². The number of thiophene rings is 1. The van der Waals surface area contributed by atoms with Crippen LogP contribution in [0.15, 0.2) is 22.0 Å². The molecule has 0 radical (unpaired) electrons. The lowest BCUT2D eigenvalue weighted by Crippen LogP contribution is -2.39. The average molecular weight is 416 g/mol. The molecule has 152 valence electrons. The van der Waals surface area contributed by atoms with Crippen LogP contribution in [0.25, 0.3) is 21.4 Å². The summed E-state index contributed by atoms with van der Waals surface area (Å²) >= 11 is 1.33. The zero-order valence-electron chi connectivity index (χ0n) is 16.5. The first-order chi connectivity index (χ1) is 13.8. The van der Waals surface area contributed by atoms with Crippen LogP contribution < -0.4 is 11.2 Å². The molecule has 0 unspecified atom stereocenters. The van der Waals surface area contributed by atoms with E-state index in [2.05, 4.69) is 10.1 Å². The Morgan fingerprint density at radius 1 is 1.24 bits per heavy atom. The van der Waals surface area contributed by atoms with Gasteiger partial charge in [0.1, 0.15) is 9.71 Å². The van der Waals surface area contributed by atoms with E-state index in [0.717, 1.165) is 20.5 Å². The highest BCUT2D eigenvalue weighted by molar-refractivity contribution is 7.20. The Morgan fingerprint density at radius 2 is 2.00 bits per heavy atom. The maximum Gasteiger partial charge on any atom is 0.348 e. The highest BCUT2D eigenvalue weighted by atomic mass is 32.1. The van der Waals surface area contributed by atoms with Gasteiger partial charge in [0.15, 0.2) is 11.2 Å². The van der Waals surface area contributed by atoms with E-state index in [0.29, 0.717) is 22.5 Å². The molecule has 4 rings (SSSR count). The molecular weight excluding hydrogens is 396 g/mol. The molecule has 0 spiro atoms. The minimum absolute atomic E-state index is 0.101. The SMILES string of the molecule is Cc1nn(C)c2sc(C(=O)OCCCn3c(=O)c4c(ncn4C)n(C)c3=O)cc12. The zero-order valence-corrected chi connectivity index (χ0v) is 17.3. The number of fused-ring (bicyclic) bond motifs is 2. The third kappa shape index (κ3) is 3.07. The largest absolute Gasteiger partial charge is 0.461 e. The summed E-state index contributed by atoms with van der Waals surface area (Å²) in [6.07, 6.45) is 1.84. The third-order valence-corrected chi connectivity index (χ3v) is 6.04. The second-order valence-corrected chi connectivity index (χ2v) is 7.88. The molecule has 11 heteroatoms. The van der Waals surface area contributed by atoms with Crippen LogP contribution in [0.5, 0.6) is 0 Å². The van der Waals surface area contributed by atoms with E-state index in [1.807, 2.05) is 14.0 Å². The molecule has 0 aliphatic rings. The van der Waals surface area contributed by atoms with Crippen molar-refractivity contribution in [1.29, 1.82) is 0 Å². The van der Waals surface area contributed by atoms with E-state index in [1.165, 1.54) is 22.2 Å². The number of carbonyl (C=O) groups excluding carboxylic acids is 1. The van der Waals surface area contributed by atoms with E-state index in [9.17, 15) is 14.4 Å². The minimum atomic E-state index is -0.444. The standard InChI is InChI=1S/C18H20N6O4S/c1-10-11-8-12(29-16(11)23(4)20-10)17(26)28-7-5-6-24-15(25)13-14(19-9-21(13)2)22(3)18(24)27/h8-9H,5-7H2,1-4H3. The fraction of sp³-hybridized carbons (Fsp3) is 0.389. The first kappa shape index (κ1) is 19.1. The summed E-state index contributed by atoms with van der Waals surface area (Å²) < 4.78 is 11.2. The summed E-state index contributed by atoms with van der Waals surface area (Å²) in [5, 5.41) is 5.25. The van der Waals surface area contributed by atoms with Gasteiger partial charge in [-0.2, -0.15) is 5.10 Å². The van der Waals surface area contributed by atoms with Crippen molar-refractivity contribution in [2.24, 2.45) is 21.1 Å². The molecule has 4 heterocycles. The van der Waals surface area contributed by atoms with Gasteiger partial charge < -0.3 is 9.30 Å². The van der Waals surface area contributed by atoms with Crippen LogP contribution in [-0.2, 0) is 32.4 Å². The van der Waals surface area contributed by atoms with Gasteiger partial charge in [0.05, 0.1) is 18.6 Å². The number of imidazole rings is 1. The van der Waals surface area contributed by atoms with Crippen LogP contribution in [-0.4, -0.2) is 41.0 Å². The molecule has 10 nitrogen and oxygen atoms in total. The Kier molecular flexibility index (Phi) is 4.61. The van der Waals surface area contributed by atoms with E-state index in [-0.39, 0.29) is 13.2 Å². The summed E-state index contributed by atoms with van der Waals surface area (Å²) in [7, 11) is 5.11. The number of hydrogen-bond donors (Lipinski definition) is 0. The highest BCUT2D eigenvalue weighted by Gasteiger charge is 2.17. The molecule has 0 saturated heterocycles. The summed E-state index contributed by atoms with van der Waals surface area (Å²) in [4.78, 5) is 42.9. The molecule has 0 amide bonds. The van der Waals surface area contributed by atoms with Crippen LogP contribution >= 0.6 is 11.3 Å². The van der Waals surface area contributed by atoms with Gasteiger partial charge in [-0.25, -0.2) is 14.6 Å². The van der Waals surface area contributed by atoms with Crippen molar-refractivity contribution < 1.29 is 9.53 Å². The quantitative estimate of drug-likeness (QED) is 0.354. The Hall–Kier alpha value is -3.21. The van der Waals surface area contributed by atoms with Crippen LogP contribution in [0.2, 0.25) is 0 Å². The number of esters is 1. The number of aryl methyl sites for hydroxylation is 4. The van der Waals surface area contributed by atoms with Gasteiger partial charge in [-0.15, -0.1) is 11.3 Å². The maximum atomic E-state index is 12.6. The number of nitrogens with zero attached hydrogens (tertiary/aromatic N) is 6. The lowest BCUT2D eigenvalue weighted by Gasteiger charge is -2.09. The Balaban J connectivity index is 1.46. The molecule has 0 bridgehead atoms. The van der Waals surface area contributed by atoms with Crippen LogP contribution in [0, 0.1) is 6.92 Å². The molecule has 0 aromatic carbocycles. The topological polar surface area (TPSA) is 106 Å². The number of rotatable bonds is 5. The van der Waals surface area contributed by atoms with Crippen molar-refractivity contribution in [2.75, 3.05) is 6.61 Å². The molecule has 0 saturated carbocycles. The van der Waals surface area contributed by atoms with Gasteiger partial charge in [0, 0.05) is 33.1 Å². The van der Waals surface area contributed by atoms with Crippen molar-refractivity contribution in [3.8, 4) is 0 Å². The zero-order chi connectivity index (χ0) is 20.9. The summed E-state index contributed by atoms with van der Waals surface area (Å²) in [6, 6.07) is 1.78. The van der Waals surface area contributed by atoms with Crippen molar-refractivity contribution in [3.05, 3.63) is 43.8 Å². The van der Waals surface area contributed by atoms with Gasteiger partial charge in [0.25, 0.3) is 5.56 Å². The fourth-order valence-electron chi connectivity index (χ4n) is 3.36. The summed E-state index contributed by atoms with van der Waals surface area (Å²) in [6.45, 7) is 2.14. The summed E-state index contributed by atoms with van der Waals surface area (Å²) in [5.41, 5.74) is 0.721. The van der Waals surface area contributed by atoms with Crippen LogP contribution in [0.3, 0.4) is 0 Å². The van der Waals surface area contributed by atoms with E-state index >= 15 is 0 Å². The molecule has 0 fully saturated rings. The Morgan fingerprint density at radius 3 is 2.72 bits per heavy atom. The molecule has 0 aliphatic carbocycles. The van der Waals surface area contributed by atoms with Crippen molar-refractivity contribution in [1.82, 2.24) is 28.5 Å².